The fourth-order valence-corrected chi connectivity index (χ4v) is 2.98. The lowest BCUT2D eigenvalue weighted by atomic mass is 9.80. The van der Waals surface area contributed by atoms with Gasteiger partial charge in [-0.3, -0.25) is 15.0 Å². The number of nitrogens with zero attached hydrogens (tertiary/aromatic N) is 2. The second kappa shape index (κ2) is 6.02. The molecule has 0 aromatic heterocycles. The summed E-state index contributed by atoms with van der Waals surface area (Å²) < 4.78 is 0. The first kappa shape index (κ1) is 15.8. The standard InChI is InChI=1S/C16H25N3O2/c1-16(2,3)13-7-8-18(11-13)10-12-5-6-15(19(20)21)14(9-12)17-4/h5-6,9,13,17H,7-8,10-11H2,1-4H3. The van der Waals surface area contributed by atoms with Crippen molar-refractivity contribution in [3.05, 3.63) is 33.9 Å². The van der Waals surface area contributed by atoms with Crippen LogP contribution >= 0.6 is 0 Å². The number of rotatable bonds is 4. The number of anilines is 1. The Morgan fingerprint density at radius 2 is 2.14 bits per heavy atom. The second-order valence-electron chi connectivity index (χ2n) is 6.95. The van der Waals surface area contributed by atoms with E-state index in [0.29, 0.717) is 11.1 Å². The molecule has 1 aromatic carbocycles. The van der Waals surface area contributed by atoms with Crippen LogP contribution in [0, 0.1) is 21.4 Å². The van der Waals surface area contributed by atoms with Crippen LogP contribution in [-0.2, 0) is 6.54 Å². The van der Waals surface area contributed by atoms with Crippen molar-refractivity contribution in [2.45, 2.75) is 33.7 Å². The predicted molar refractivity (Wildman–Crippen MR) is 85.5 cm³/mol. The third-order valence-corrected chi connectivity index (χ3v) is 4.43. The topological polar surface area (TPSA) is 58.4 Å². The van der Waals surface area contributed by atoms with Gasteiger partial charge in [0.1, 0.15) is 5.69 Å². The number of benzene rings is 1. The Bertz CT molecular complexity index is 523. The van der Waals surface area contributed by atoms with Crippen LogP contribution < -0.4 is 5.32 Å². The van der Waals surface area contributed by atoms with Gasteiger partial charge >= 0.3 is 0 Å². The van der Waals surface area contributed by atoms with Gasteiger partial charge < -0.3 is 5.32 Å². The van der Waals surface area contributed by atoms with Gasteiger partial charge in [0.25, 0.3) is 5.69 Å². The van der Waals surface area contributed by atoms with Crippen molar-refractivity contribution >= 4 is 11.4 Å². The Balaban J connectivity index is 2.06. The van der Waals surface area contributed by atoms with Crippen LogP contribution in [0.2, 0.25) is 0 Å². The smallest absolute Gasteiger partial charge is 0.292 e. The highest BCUT2D eigenvalue weighted by atomic mass is 16.6. The largest absolute Gasteiger partial charge is 0.383 e. The zero-order valence-corrected chi connectivity index (χ0v) is 13.3. The van der Waals surface area contributed by atoms with Crippen LogP contribution in [-0.4, -0.2) is 30.0 Å². The van der Waals surface area contributed by atoms with E-state index in [4.69, 9.17) is 0 Å². The summed E-state index contributed by atoms with van der Waals surface area (Å²) in [7, 11) is 1.72. The Labute approximate surface area is 126 Å². The SMILES string of the molecule is CNc1cc(CN2CCC(C(C)(C)C)C2)ccc1[N+](=O)[O-]. The Kier molecular flexibility index (Phi) is 4.52. The monoisotopic (exact) mass is 291 g/mol. The molecule has 2 rings (SSSR count). The normalized spacial score (nSPS) is 19.7. The number of nitrogens with one attached hydrogen (secondary N) is 1. The van der Waals surface area contributed by atoms with Crippen LogP contribution in [0.15, 0.2) is 18.2 Å². The molecule has 0 amide bonds. The van der Waals surface area contributed by atoms with E-state index in [0.717, 1.165) is 31.1 Å². The summed E-state index contributed by atoms with van der Waals surface area (Å²) in [6.45, 7) is 9.97. The van der Waals surface area contributed by atoms with Gasteiger partial charge in [-0.15, -0.1) is 0 Å². The molecular formula is C16H25N3O2. The third-order valence-electron chi connectivity index (χ3n) is 4.43. The molecule has 0 bridgehead atoms. The molecule has 0 aliphatic carbocycles. The molecule has 1 N–H and O–H groups in total. The van der Waals surface area contributed by atoms with E-state index in [1.54, 1.807) is 13.1 Å². The van der Waals surface area contributed by atoms with Crippen LogP contribution in [0.1, 0.15) is 32.8 Å². The molecule has 0 spiro atoms. The minimum Gasteiger partial charge on any atom is -0.383 e. The lowest BCUT2D eigenvalue weighted by Crippen LogP contribution is -2.25. The molecule has 1 heterocycles. The van der Waals surface area contributed by atoms with Gasteiger partial charge in [-0.2, -0.15) is 0 Å². The zero-order valence-electron chi connectivity index (χ0n) is 13.3. The highest BCUT2D eigenvalue weighted by Gasteiger charge is 2.31. The van der Waals surface area contributed by atoms with Gasteiger partial charge in [0.15, 0.2) is 0 Å². The highest BCUT2D eigenvalue weighted by molar-refractivity contribution is 5.62. The molecule has 1 aromatic rings. The van der Waals surface area contributed by atoms with Gasteiger partial charge in [0.2, 0.25) is 0 Å². The summed E-state index contributed by atoms with van der Waals surface area (Å²) in [4.78, 5) is 13.0. The molecule has 1 fully saturated rings. The van der Waals surface area contributed by atoms with Crippen LogP contribution in [0.25, 0.3) is 0 Å². The summed E-state index contributed by atoms with van der Waals surface area (Å²) in [5.41, 5.74) is 2.19. The number of nitro benzene ring substituents is 1. The Hall–Kier alpha value is -1.62. The molecule has 5 heteroatoms. The van der Waals surface area contributed by atoms with Gasteiger partial charge in [-0.25, -0.2) is 0 Å². The fourth-order valence-electron chi connectivity index (χ4n) is 2.98. The molecule has 1 saturated heterocycles. The number of hydrogen-bond acceptors (Lipinski definition) is 4. The molecule has 1 aliphatic rings. The summed E-state index contributed by atoms with van der Waals surface area (Å²) in [5, 5.41) is 13.9. The Morgan fingerprint density at radius 3 is 2.67 bits per heavy atom. The van der Waals surface area contributed by atoms with Crippen molar-refractivity contribution < 1.29 is 4.92 Å². The molecule has 5 nitrogen and oxygen atoms in total. The summed E-state index contributed by atoms with van der Waals surface area (Å²) in [6.07, 6.45) is 1.23. The fraction of sp³-hybridized carbons (Fsp3) is 0.625. The van der Waals surface area contributed by atoms with E-state index < -0.39 is 0 Å². The van der Waals surface area contributed by atoms with E-state index in [1.807, 2.05) is 12.1 Å². The molecule has 1 aliphatic heterocycles. The molecule has 116 valence electrons. The van der Waals surface area contributed by atoms with Crippen molar-refractivity contribution in [2.75, 3.05) is 25.5 Å². The van der Waals surface area contributed by atoms with E-state index in [9.17, 15) is 10.1 Å². The van der Waals surface area contributed by atoms with Gasteiger partial charge in [-0.05, 0) is 35.9 Å². The Morgan fingerprint density at radius 1 is 1.43 bits per heavy atom. The van der Waals surface area contributed by atoms with Crippen molar-refractivity contribution in [1.82, 2.24) is 4.90 Å². The van der Waals surface area contributed by atoms with Crippen molar-refractivity contribution in [3.8, 4) is 0 Å². The minimum absolute atomic E-state index is 0.134. The van der Waals surface area contributed by atoms with Crippen molar-refractivity contribution in [2.24, 2.45) is 11.3 Å². The van der Waals surface area contributed by atoms with Gasteiger partial charge in [0, 0.05) is 26.2 Å². The maximum Gasteiger partial charge on any atom is 0.292 e. The third kappa shape index (κ3) is 3.73. The summed E-state index contributed by atoms with van der Waals surface area (Å²) in [5.74, 6) is 0.722. The second-order valence-corrected chi connectivity index (χ2v) is 6.95. The molecule has 21 heavy (non-hydrogen) atoms. The maximum atomic E-state index is 10.9. The van der Waals surface area contributed by atoms with Crippen LogP contribution in [0.3, 0.4) is 0 Å². The van der Waals surface area contributed by atoms with E-state index in [1.165, 1.54) is 6.42 Å². The van der Waals surface area contributed by atoms with Gasteiger partial charge in [0.05, 0.1) is 4.92 Å². The maximum absolute atomic E-state index is 10.9. The lowest BCUT2D eigenvalue weighted by Gasteiger charge is -2.27. The highest BCUT2D eigenvalue weighted by Crippen LogP contribution is 2.34. The summed E-state index contributed by atoms with van der Waals surface area (Å²) >= 11 is 0. The molecule has 1 atom stereocenters. The van der Waals surface area contributed by atoms with E-state index in [-0.39, 0.29) is 10.6 Å². The van der Waals surface area contributed by atoms with Crippen molar-refractivity contribution in [3.63, 3.8) is 0 Å². The van der Waals surface area contributed by atoms with Gasteiger partial charge in [-0.1, -0.05) is 26.8 Å². The molecule has 0 radical (unpaired) electrons. The van der Waals surface area contributed by atoms with Crippen LogP contribution in [0.5, 0.6) is 0 Å². The first-order valence-corrected chi connectivity index (χ1v) is 7.48. The average Bonchev–Trinajstić information content (AvgIpc) is 2.86. The number of nitro groups is 1. The average molecular weight is 291 g/mol. The van der Waals surface area contributed by atoms with E-state index in [2.05, 4.69) is 31.0 Å². The minimum atomic E-state index is -0.346. The van der Waals surface area contributed by atoms with E-state index >= 15 is 0 Å². The number of hydrogen-bond donors (Lipinski definition) is 1. The number of likely N-dealkylation sites (tertiary alicyclic amines) is 1. The lowest BCUT2D eigenvalue weighted by molar-refractivity contribution is -0.384. The van der Waals surface area contributed by atoms with Crippen molar-refractivity contribution in [1.29, 1.82) is 0 Å². The first-order chi connectivity index (χ1) is 9.81. The quantitative estimate of drug-likeness (QED) is 0.681. The first-order valence-electron chi connectivity index (χ1n) is 7.48. The molecule has 0 saturated carbocycles. The molecular weight excluding hydrogens is 266 g/mol. The summed E-state index contributed by atoms with van der Waals surface area (Å²) in [6, 6.07) is 5.35. The van der Waals surface area contributed by atoms with Crippen LogP contribution in [0.4, 0.5) is 11.4 Å². The molecule has 1 unspecified atom stereocenters. The zero-order chi connectivity index (χ0) is 15.6. The predicted octanol–water partition coefficient (Wildman–Crippen LogP) is 3.50.